The van der Waals surface area contributed by atoms with E-state index in [-0.39, 0.29) is 5.78 Å². The zero-order valence-electron chi connectivity index (χ0n) is 12.2. The zero-order chi connectivity index (χ0) is 14.4. The third-order valence-electron chi connectivity index (χ3n) is 3.77. The first kappa shape index (κ1) is 14.9. The maximum atomic E-state index is 11.4. The minimum atomic E-state index is -0.00962. The van der Waals surface area contributed by atoms with Crippen LogP contribution in [0.25, 0.3) is 0 Å². The summed E-state index contributed by atoms with van der Waals surface area (Å²) in [7, 11) is 0. The Kier molecular flexibility index (Phi) is 5.41. The number of hydrogen-bond donors (Lipinski definition) is 2. The molecule has 1 aliphatic carbocycles. The number of nitrogens with one attached hydrogen (secondary N) is 1. The van der Waals surface area contributed by atoms with Gasteiger partial charge in [0, 0.05) is 23.5 Å². The normalized spacial score (nSPS) is 16.1. The minimum Gasteiger partial charge on any atom is -0.398 e. The number of nitrogen functional groups attached to an aromatic ring is 1. The van der Waals surface area contributed by atoms with E-state index < -0.39 is 0 Å². The number of ketones is 1. The van der Waals surface area contributed by atoms with Crippen LogP contribution in [0.15, 0.2) is 18.2 Å². The molecule has 0 radical (unpaired) electrons. The second-order valence-corrected chi connectivity index (χ2v) is 5.42. The smallest absolute Gasteiger partial charge is 0.161 e. The highest BCUT2D eigenvalue weighted by Crippen LogP contribution is 2.20. The molecule has 2 rings (SSSR count). The molecule has 3 N–H and O–H groups in total. The molecule has 1 aromatic carbocycles. The van der Waals surface area contributed by atoms with Crippen molar-refractivity contribution in [2.24, 2.45) is 0 Å². The number of hydrogen-bond acceptors (Lipinski definition) is 4. The monoisotopic (exact) mass is 276 g/mol. The fourth-order valence-electron chi connectivity index (χ4n) is 2.62. The maximum Gasteiger partial charge on any atom is 0.161 e. The Morgan fingerprint density at radius 1 is 1.35 bits per heavy atom. The van der Waals surface area contributed by atoms with Crippen molar-refractivity contribution in [1.29, 1.82) is 0 Å². The lowest BCUT2D eigenvalue weighted by molar-refractivity contribution is 0.0347. The van der Waals surface area contributed by atoms with Gasteiger partial charge in [0.25, 0.3) is 0 Å². The minimum absolute atomic E-state index is 0.00962. The standard InChI is InChI=1S/C16H24N2O2/c1-12(19)15-11-13(7-8-16(15)17)18-9-10-20-14-5-3-2-4-6-14/h7-8,11,14,18H,2-6,9-10,17H2,1H3. The van der Waals surface area contributed by atoms with Crippen LogP contribution in [0.5, 0.6) is 0 Å². The fourth-order valence-corrected chi connectivity index (χ4v) is 2.62. The fraction of sp³-hybridized carbons (Fsp3) is 0.562. The molecule has 0 saturated heterocycles. The summed E-state index contributed by atoms with van der Waals surface area (Å²) in [5.41, 5.74) is 7.78. The van der Waals surface area contributed by atoms with E-state index in [0.29, 0.717) is 24.0 Å². The van der Waals surface area contributed by atoms with E-state index in [0.717, 1.165) is 12.2 Å². The van der Waals surface area contributed by atoms with Crippen molar-refractivity contribution in [3.05, 3.63) is 23.8 Å². The number of nitrogens with two attached hydrogens (primary N) is 1. The zero-order valence-corrected chi connectivity index (χ0v) is 12.2. The Morgan fingerprint density at radius 3 is 2.80 bits per heavy atom. The lowest BCUT2D eigenvalue weighted by Gasteiger charge is -2.22. The topological polar surface area (TPSA) is 64.3 Å². The summed E-state index contributed by atoms with van der Waals surface area (Å²) >= 11 is 0. The molecule has 0 unspecified atom stereocenters. The first-order chi connectivity index (χ1) is 9.66. The van der Waals surface area contributed by atoms with E-state index in [1.807, 2.05) is 6.07 Å². The van der Waals surface area contributed by atoms with Gasteiger partial charge in [-0.05, 0) is 38.0 Å². The van der Waals surface area contributed by atoms with Gasteiger partial charge in [0.2, 0.25) is 0 Å². The molecular formula is C16H24N2O2. The third kappa shape index (κ3) is 4.23. The number of benzene rings is 1. The number of anilines is 2. The number of Topliss-reactive ketones (excluding diaryl/α,β-unsaturated/α-hetero) is 1. The summed E-state index contributed by atoms with van der Waals surface area (Å²) < 4.78 is 5.85. The van der Waals surface area contributed by atoms with Gasteiger partial charge in [-0.1, -0.05) is 19.3 Å². The molecule has 4 heteroatoms. The molecule has 1 aromatic rings. The first-order valence-electron chi connectivity index (χ1n) is 7.43. The number of carbonyl (C=O) groups is 1. The van der Waals surface area contributed by atoms with Crippen LogP contribution in [0.2, 0.25) is 0 Å². The van der Waals surface area contributed by atoms with Crippen molar-refractivity contribution < 1.29 is 9.53 Å². The summed E-state index contributed by atoms with van der Waals surface area (Å²) in [6, 6.07) is 5.46. The Labute approximate surface area is 120 Å². The van der Waals surface area contributed by atoms with Crippen molar-refractivity contribution in [3.63, 3.8) is 0 Å². The van der Waals surface area contributed by atoms with Crippen molar-refractivity contribution in [1.82, 2.24) is 0 Å². The van der Waals surface area contributed by atoms with Crippen molar-refractivity contribution >= 4 is 17.2 Å². The Bertz CT molecular complexity index is 454. The molecule has 0 aromatic heterocycles. The molecule has 0 atom stereocenters. The number of ether oxygens (including phenoxy) is 1. The van der Waals surface area contributed by atoms with E-state index in [1.165, 1.54) is 39.0 Å². The van der Waals surface area contributed by atoms with Gasteiger partial charge < -0.3 is 15.8 Å². The van der Waals surface area contributed by atoms with Crippen molar-refractivity contribution in [3.8, 4) is 0 Å². The van der Waals surface area contributed by atoms with Gasteiger partial charge in [-0.3, -0.25) is 4.79 Å². The van der Waals surface area contributed by atoms with E-state index in [2.05, 4.69) is 5.32 Å². The molecule has 0 heterocycles. The molecule has 1 aliphatic rings. The van der Waals surface area contributed by atoms with Gasteiger partial charge >= 0.3 is 0 Å². The second-order valence-electron chi connectivity index (χ2n) is 5.42. The van der Waals surface area contributed by atoms with Crippen LogP contribution < -0.4 is 11.1 Å². The summed E-state index contributed by atoms with van der Waals surface area (Å²) in [6.07, 6.45) is 6.74. The van der Waals surface area contributed by atoms with Crippen molar-refractivity contribution in [2.75, 3.05) is 24.2 Å². The molecule has 0 amide bonds. The average Bonchev–Trinajstić information content (AvgIpc) is 2.46. The second kappa shape index (κ2) is 7.29. The van der Waals surface area contributed by atoms with E-state index in [9.17, 15) is 4.79 Å². The Balaban J connectivity index is 1.76. The molecule has 20 heavy (non-hydrogen) atoms. The summed E-state index contributed by atoms with van der Waals surface area (Å²) in [6.45, 7) is 2.98. The summed E-state index contributed by atoms with van der Waals surface area (Å²) in [4.78, 5) is 11.4. The van der Waals surface area contributed by atoms with Crippen LogP contribution in [-0.4, -0.2) is 25.0 Å². The molecular weight excluding hydrogens is 252 g/mol. The molecule has 0 spiro atoms. The summed E-state index contributed by atoms with van der Waals surface area (Å²) in [5, 5.41) is 3.27. The van der Waals surface area contributed by atoms with E-state index >= 15 is 0 Å². The molecule has 110 valence electrons. The number of rotatable bonds is 6. The molecule has 1 fully saturated rings. The van der Waals surface area contributed by atoms with E-state index in [4.69, 9.17) is 10.5 Å². The molecule has 0 aliphatic heterocycles. The van der Waals surface area contributed by atoms with Crippen LogP contribution in [0.1, 0.15) is 49.4 Å². The van der Waals surface area contributed by atoms with Gasteiger partial charge in [0.1, 0.15) is 0 Å². The van der Waals surface area contributed by atoms with Gasteiger partial charge in [-0.15, -0.1) is 0 Å². The molecule has 0 bridgehead atoms. The SMILES string of the molecule is CC(=O)c1cc(NCCOC2CCCCC2)ccc1N. The predicted octanol–water partition coefficient (Wildman–Crippen LogP) is 3.23. The Morgan fingerprint density at radius 2 is 2.10 bits per heavy atom. The lowest BCUT2D eigenvalue weighted by atomic mass is 9.98. The molecule has 1 saturated carbocycles. The first-order valence-corrected chi connectivity index (χ1v) is 7.43. The van der Waals surface area contributed by atoms with Crippen LogP contribution in [0.3, 0.4) is 0 Å². The molecule has 4 nitrogen and oxygen atoms in total. The summed E-state index contributed by atoms with van der Waals surface area (Å²) in [5.74, 6) is -0.00962. The van der Waals surface area contributed by atoms with Gasteiger partial charge in [0.05, 0.1) is 12.7 Å². The quantitative estimate of drug-likeness (QED) is 0.475. The van der Waals surface area contributed by atoms with Gasteiger partial charge in [-0.2, -0.15) is 0 Å². The highest BCUT2D eigenvalue weighted by Gasteiger charge is 2.13. The largest absolute Gasteiger partial charge is 0.398 e. The maximum absolute atomic E-state index is 11.4. The Hall–Kier alpha value is -1.55. The highest BCUT2D eigenvalue weighted by molar-refractivity contribution is 5.99. The predicted molar refractivity (Wildman–Crippen MR) is 82.2 cm³/mol. The third-order valence-corrected chi connectivity index (χ3v) is 3.77. The van der Waals surface area contributed by atoms with Crippen molar-refractivity contribution in [2.45, 2.75) is 45.1 Å². The number of carbonyl (C=O) groups excluding carboxylic acids is 1. The van der Waals surface area contributed by atoms with Gasteiger partial charge in [0.15, 0.2) is 5.78 Å². The highest BCUT2D eigenvalue weighted by atomic mass is 16.5. The van der Waals surface area contributed by atoms with Crippen LogP contribution >= 0.6 is 0 Å². The lowest BCUT2D eigenvalue weighted by Crippen LogP contribution is -2.20. The van der Waals surface area contributed by atoms with Crippen LogP contribution in [0, 0.1) is 0 Å². The van der Waals surface area contributed by atoms with E-state index in [1.54, 1.807) is 12.1 Å². The van der Waals surface area contributed by atoms with Crippen LogP contribution in [-0.2, 0) is 4.74 Å². The van der Waals surface area contributed by atoms with Crippen LogP contribution in [0.4, 0.5) is 11.4 Å². The average molecular weight is 276 g/mol. The van der Waals surface area contributed by atoms with Gasteiger partial charge in [-0.25, -0.2) is 0 Å².